The number of aromatic nitrogens is 1. The molecule has 1 N–H and O–H groups in total. The second kappa shape index (κ2) is 4.41. The van der Waals surface area contributed by atoms with E-state index in [2.05, 4.69) is 25.8 Å². The lowest BCUT2D eigenvalue weighted by Gasteiger charge is -2.23. The molecule has 0 aliphatic heterocycles. The van der Waals surface area contributed by atoms with Crippen molar-refractivity contribution in [1.82, 2.24) is 4.98 Å². The van der Waals surface area contributed by atoms with Crippen molar-refractivity contribution >= 4 is 27.7 Å². The Morgan fingerprint density at radius 3 is 2.88 bits per heavy atom. The van der Waals surface area contributed by atoms with Crippen LogP contribution in [0.25, 0.3) is 0 Å². The molecule has 0 spiro atoms. The van der Waals surface area contributed by atoms with Crippen LogP contribution in [0.3, 0.4) is 0 Å². The molecule has 16 heavy (non-hydrogen) atoms. The highest BCUT2D eigenvalue weighted by molar-refractivity contribution is 9.10. The van der Waals surface area contributed by atoms with Crippen molar-refractivity contribution in [3.05, 3.63) is 22.3 Å². The topological polar surface area (TPSA) is 53.4 Å². The van der Waals surface area contributed by atoms with Crippen LogP contribution in [0.4, 0.5) is 5.82 Å². The van der Waals surface area contributed by atoms with Gasteiger partial charge in [-0.05, 0) is 41.8 Å². The number of carboxylic acid groups (broad SMARTS) is 1. The van der Waals surface area contributed by atoms with Gasteiger partial charge in [0.1, 0.15) is 11.4 Å². The Kier molecular flexibility index (Phi) is 3.14. The van der Waals surface area contributed by atoms with Gasteiger partial charge in [-0.2, -0.15) is 0 Å². The van der Waals surface area contributed by atoms with Gasteiger partial charge in [0.2, 0.25) is 0 Å². The van der Waals surface area contributed by atoms with Crippen LogP contribution in [0, 0.1) is 0 Å². The molecule has 0 aromatic carbocycles. The summed E-state index contributed by atoms with van der Waals surface area (Å²) >= 11 is 3.24. The van der Waals surface area contributed by atoms with Gasteiger partial charge in [-0.3, -0.25) is 0 Å². The monoisotopic (exact) mass is 284 g/mol. The summed E-state index contributed by atoms with van der Waals surface area (Å²) in [6.07, 6.45) is 3.90. The quantitative estimate of drug-likeness (QED) is 0.923. The Bertz CT molecular complexity index is 418. The molecule has 0 amide bonds. The van der Waals surface area contributed by atoms with E-state index in [-0.39, 0.29) is 5.56 Å². The lowest BCUT2D eigenvalue weighted by Crippen LogP contribution is -2.28. The summed E-state index contributed by atoms with van der Waals surface area (Å²) in [5, 5.41) is 9.15. The molecule has 1 fully saturated rings. The normalized spacial score (nSPS) is 14.9. The first kappa shape index (κ1) is 11.4. The minimum Gasteiger partial charge on any atom is -0.478 e. The molecule has 1 aliphatic carbocycles. The zero-order valence-corrected chi connectivity index (χ0v) is 10.6. The zero-order chi connectivity index (χ0) is 11.7. The third-order valence-electron chi connectivity index (χ3n) is 2.66. The molecule has 0 unspecified atom stereocenters. The molecule has 0 atom stereocenters. The number of pyridine rings is 1. The summed E-state index contributed by atoms with van der Waals surface area (Å²) in [5.74, 6) is -0.344. The fraction of sp³-hybridized carbons (Fsp3) is 0.455. The van der Waals surface area contributed by atoms with E-state index in [1.165, 1.54) is 0 Å². The summed E-state index contributed by atoms with van der Waals surface area (Å²) in [5.41, 5.74) is 0.267. The third kappa shape index (κ3) is 2.19. The maximum atomic E-state index is 11.1. The molecule has 1 aromatic rings. The van der Waals surface area contributed by atoms with Crippen molar-refractivity contribution in [2.75, 3.05) is 11.4 Å². The number of carbonyl (C=O) groups is 1. The second-order valence-corrected chi connectivity index (χ2v) is 4.76. The fourth-order valence-corrected chi connectivity index (χ4v) is 2.12. The van der Waals surface area contributed by atoms with Crippen molar-refractivity contribution in [2.24, 2.45) is 0 Å². The Labute approximate surface area is 102 Å². The number of hydrogen-bond acceptors (Lipinski definition) is 3. The average Bonchev–Trinajstić information content (AvgIpc) is 3.05. The third-order valence-corrected chi connectivity index (χ3v) is 3.10. The van der Waals surface area contributed by atoms with Crippen molar-refractivity contribution < 1.29 is 9.90 Å². The first-order chi connectivity index (χ1) is 7.63. The molecule has 0 radical (unpaired) electrons. The fourth-order valence-electron chi connectivity index (χ4n) is 1.79. The van der Waals surface area contributed by atoms with Crippen LogP contribution >= 0.6 is 15.9 Å². The van der Waals surface area contributed by atoms with E-state index in [1.807, 2.05) is 6.92 Å². The van der Waals surface area contributed by atoms with Crippen LogP contribution in [0.2, 0.25) is 0 Å². The minimum absolute atomic E-state index is 0.267. The first-order valence-electron chi connectivity index (χ1n) is 5.29. The van der Waals surface area contributed by atoms with E-state index in [4.69, 9.17) is 5.11 Å². The standard InChI is InChI=1S/C11H13BrN2O2/c1-2-14(8-3-4-8)10-9(11(15)16)5-7(12)6-13-10/h5-6,8H,2-4H2,1H3,(H,15,16). The van der Waals surface area contributed by atoms with Gasteiger partial charge < -0.3 is 10.0 Å². The number of anilines is 1. The molecule has 1 aromatic heterocycles. The Morgan fingerprint density at radius 1 is 1.69 bits per heavy atom. The molecule has 0 bridgehead atoms. The summed E-state index contributed by atoms with van der Waals surface area (Å²) in [4.78, 5) is 17.4. The molecule has 4 nitrogen and oxygen atoms in total. The maximum absolute atomic E-state index is 11.1. The van der Waals surface area contributed by atoms with Crippen LogP contribution in [0.5, 0.6) is 0 Å². The highest BCUT2D eigenvalue weighted by Gasteiger charge is 2.31. The van der Waals surface area contributed by atoms with Crippen molar-refractivity contribution in [1.29, 1.82) is 0 Å². The predicted molar refractivity (Wildman–Crippen MR) is 64.9 cm³/mol. The van der Waals surface area contributed by atoms with E-state index < -0.39 is 5.97 Å². The Balaban J connectivity index is 2.41. The predicted octanol–water partition coefficient (Wildman–Crippen LogP) is 2.53. The van der Waals surface area contributed by atoms with E-state index in [9.17, 15) is 4.79 Å². The van der Waals surface area contributed by atoms with Crippen LogP contribution in [0.15, 0.2) is 16.7 Å². The smallest absolute Gasteiger partial charge is 0.339 e. The van der Waals surface area contributed by atoms with E-state index in [1.54, 1.807) is 12.3 Å². The van der Waals surface area contributed by atoms with Crippen LogP contribution < -0.4 is 4.90 Å². The van der Waals surface area contributed by atoms with Crippen LogP contribution in [0.1, 0.15) is 30.1 Å². The SMILES string of the molecule is CCN(c1ncc(Br)cc1C(=O)O)C1CC1. The van der Waals surface area contributed by atoms with E-state index in [0.717, 1.165) is 19.4 Å². The Morgan fingerprint density at radius 2 is 2.38 bits per heavy atom. The van der Waals surface area contributed by atoms with Gasteiger partial charge in [-0.15, -0.1) is 0 Å². The average molecular weight is 285 g/mol. The number of aromatic carboxylic acids is 1. The minimum atomic E-state index is -0.928. The molecule has 1 heterocycles. The summed E-state index contributed by atoms with van der Waals surface area (Å²) in [6.45, 7) is 2.81. The molecular formula is C11H13BrN2O2. The number of halogens is 1. The largest absolute Gasteiger partial charge is 0.478 e. The van der Waals surface area contributed by atoms with Gasteiger partial charge in [0.15, 0.2) is 0 Å². The maximum Gasteiger partial charge on any atom is 0.339 e. The molecule has 86 valence electrons. The first-order valence-corrected chi connectivity index (χ1v) is 6.08. The van der Waals surface area contributed by atoms with E-state index in [0.29, 0.717) is 16.3 Å². The molecular weight excluding hydrogens is 272 g/mol. The molecule has 2 rings (SSSR count). The van der Waals surface area contributed by atoms with Crippen molar-refractivity contribution in [3.63, 3.8) is 0 Å². The summed E-state index contributed by atoms with van der Waals surface area (Å²) in [6, 6.07) is 2.08. The lowest BCUT2D eigenvalue weighted by atomic mass is 10.2. The van der Waals surface area contributed by atoms with Crippen molar-refractivity contribution in [3.8, 4) is 0 Å². The number of hydrogen-bond donors (Lipinski definition) is 1. The summed E-state index contributed by atoms with van der Waals surface area (Å²) in [7, 11) is 0. The summed E-state index contributed by atoms with van der Waals surface area (Å²) < 4.78 is 0.695. The molecule has 1 saturated carbocycles. The number of nitrogens with zero attached hydrogens (tertiary/aromatic N) is 2. The van der Waals surface area contributed by atoms with E-state index >= 15 is 0 Å². The van der Waals surface area contributed by atoms with Gasteiger partial charge in [0.05, 0.1) is 0 Å². The molecule has 0 saturated heterocycles. The van der Waals surface area contributed by atoms with Gasteiger partial charge in [-0.25, -0.2) is 9.78 Å². The van der Waals surface area contributed by atoms with Crippen LogP contribution in [-0.2, 0) is 0 Å². The van der Waals surface area contributed by atoms with Crippen LogP contribution in [-0.4, -0.2) is 28.6 Å². The molecule has 5 heteroatoms. The van der Waals surface area contributed by atoms with Gasteiger partial charge in [0.25, 0.3) is 0 Å². The van der Waals surface area contributed by atoms with Gasteiger partial charge in [0, 0.05) is 23.3 Å². The van der Waals surface area contributed by atoms with Gasteiger partial charge >= 0.3 is 5.97 Å². The highest BCUT2D eigenvalue weighted by atomic mass is 79.9. The number of carboxylic acids is 1. The van der Waals surface area contributed by atoms with Crippen molar-refractivity contribution in [2.45, 2.75) is 25.8 Å². The number of rotatable bonds is 4. The Hall–Kier alpha value is -1.10. The van der Waals surface area contributed by atoms with Gasteiger partial charge in [-0.1, -0.05) is 0 Å². The second-order valence-electron chi connectivity index (χ2n) is 3.85. The lowest BCUT2D eigenvalue weighted by molar-refractivity contribution is 0.0697. The highest BCUT2D eigenvalue weighted by Crippen LogP contribution is 2.32. The zero-order valence-electron chi connectivity index (χ0n) is 8.98. The molecule has 1 aliphatic rings.